The number of aryl methyl sites for hydroxylation is 1. The molecule has 0 radical (unpaired) electrons. The van der Waals surface area contributed by atoms with Crippen LogP contribution in [0.5, 0.6) is 0 Å². The van der Waals surface area contributed by atoms with Crippen molar-refractivity contribution < 1.29 is 4.79 Å². The van der Waals surface area contributed by atoms with E-state index >= 15 is 0 Å². The Morgan fingerprint density at radius 3 is 3.00 bits per heavy atom. The predicted octanol–water partition coefficient (Wildman–Crippen LogP) is 0.902. The molecule has 1 amide bonds. The summed E-state index contributed by atoms with van der Waals surface area (Å²) in [5.41, 5.74) is 0.441. The fourth-order valence-electron chi connectivity index (χ4n) is 1.75. The van der Waals surface area contributed by atoms with Crippen molar-refractivity contribution >= 4 is 5.91 Å². The van der Waals surface area contributed by atoms with Crippen LogP contribution in [0.1, 0.15) is 42.6 Å². The van der Waals surface area contributed by atoms with Crippen LogP contribution in [0.3, 0.4) is 0 Å². The monoisotopic (exact) mass is 248 g/mol. The number of carbonyl (C=O) groups excluding carboxylic acids is 1. The van der Waals surface area contributed by atoms with Crippen LogP contribution in [0.15, 0.2) is 18.6 Å². The third-order valence-electron chi connectivity index (χ3n) is 2.72. The van der Waals surface area contributed by atoms with Gasteiger partial charge in [-0.3, -0.25) is 9.89 Å². The Bertz CT molecular complexity index is 503. The van der Waals surface area contributed by atoms with E-state index in [0.29, 0.717) is 5.69 Å². The molecule has 0 saturated heterocycles. The summed E-state index contributed by atoms with van der Waals surface area (Å²) in [5, 5.41) is 13.4. The fourth-order valence-corrected chi connectivity index (χ4v) is 1.75. The zero-order valence-corrected chi connectivity index (χ0v) is 10.4. The van der Waals surface area contributed by atoms with E-state index in [9.17, 15) is 4.79 Å². The average molecular weight is 248 g/mol. The summed E-state index contributed by atoms with van der Waals surface area (Å²) in [4.78, 5) is 16.1. The van der Waals surface area contributed by atoms with Gasteiger partial charge in [-0.2, -0.15) is 10.2 Å². The zero-order chi connectivity index (χ0) is 13.0. The first kappa shape index (κ1) is 12.3. The molecule has 2 aromatic rings. The molecule has 18 heavy (non-hydrogen) atoms. The Labute approximate surface area is 105 Å². The summed E-state index contributed by atoms with van der Waals surface area (Å²) in [5.74, 6) is 0.581. The molecule has 0 fully saturated rings. The molecule has 2 N–H and O–H groups in total. The smallest absolute Gasteiger partial charge is 0.269 e. The lowest BCUT2D eigenvalue weighted by molar-refractivity contribution is 0.0927. The van der Waals surface area contributed by atoms with Gasteiger partial charge in [0.05, 0.1) is 6.04 Å². The Morgan fingerprint density at radius 2 is 2.39 bits per heavy atom. The molecule has 2 aromatic heterocycles. The molecule has 0 unspecified atom stereocenters. The first-order valence-electron chi connectivity index (χ1n) is 5.94. The van der Waals surface area contributed by atoms with E-state index < -0.39 is 0 Å². The van der Waals surface area contributed by atoms with E-state index in [-0.39, 0.29) is 11.9 Å². The largest absolute Gasteiger partial charge is 0.341 e. The highest BCUT2D eigenvalue weighted by molar-refractivity contribution is 5.92. The van der Waals surface area contributed by atoms with Gasteiger partial charge < -0.3 is 5.32 Å². The number of hydrogen-bond donors (Lipinski definition) is 2. The van der Waals surface area contributed by atoms with Crippen molar-refractivity contribution in [2.24, 2.45) is 0 Å². The minimum atomic E-state index is -0.190. The number of aromatic nitrogens is 5. The highest BCUT2D eigenvalue weighted by atomic mass is 16.2. The van der Waals surface area contributed by atoms with Crippen molar-refractivity contribution in [2.45, 2.75) is 32.9 Å². The summed E-state index contributed by atoms with van der Waals surface area (Å²) < 4.78 is 1.78. The third kappa shape index (κ3) is 2.39. The van der Waals surface area contributed by atoms with Crippen LogP contribution < -0.4 is 5.32 Å². The first-order valence-corrected chi connectivity index (χ1v) is 5.94. The number of carbonyl (C=O) groups is 1. The molecule has 0 spiro atoms. The van der Waals surface area contributed by atoms with Crippen molar-refractivity contribution in [3.05, 3.63) is 30.1 Å². The molecular formula is C11H16N6O. The Hall–Kier alpha value is -2.18. The second kappa shape index (κ2) is 5.44. The number of nitrogens with one attached hydrogen (secondary N) is 2. The van der Waals surface area contributed by atoms with Crippen LogP contribution in [0.4, 0.5) is 0 Å². The molecule has 0 saturated carbocycles. The van der Waals surface area contributed by atoms with Crippen molar-refractivity contribution in [3.63, 3.8) is 0 Å². The zero-order valence-electron chi connectivity index (χ0n) is 10.4. The van der Waals surface area contributed by atoms with Crippen molar-refractivity contribution in [1.29, 1.82) is 0 Å². The quantitative estimate of drug-likeness (QED) is 0.822. The summed E-state index contributed by atoms with van der Waals surface area (Å²) in [6.07, 6.45) is 3.80. The normalized spacial score (nSPS) is 12.3. The standard InChI is InChI=1S/C11H16N6O/c1-3-8(10-12-7-14-17(10)4-2)15-11(18)9-5-6-13-16-9/h5-8H,3-4H2,1-2H3,(H,13,16)(H,15,18)/t8-/m0/s1. The highest BCUT2D eigenvalue weighted by Crippen LogP contribution is 2.14. The highest BCUT2D eigenvalue weighted by Gasteiger charge is 2.19. The van der Waals surface area contributed by atoms with E-state index in [0.717, 1.165) is 18.8 Å². The summed E-state index contributed by atoms with van der Waals surface area (Å²) in [6, 6.07) is 1.48. The molecule has 0 aliphatic rings. The minimum Gasteiger partial charge on any atom is -0.341 e. The minimum absolute atomic E-state index is 0.150. The number of H-pyrrole nitrogens is 1. The number of rotatable bonds is 5. The maximum Gasteiger partial charge on any atom is 0.269 e. The van der Waals surface area contributed by atoms with Crippen LogP contribution in [-0.2, 0) is 6.54 Å². The van der Waals surface area contributed by atoms with Gasteiger partial charge in [0.25, 0.3) is 5.91 Å². The molecule has 0 aliphatic heterocycles. The average Bonchev–Trinajstić information content (AvgIpc) is 3.05. The Balaban J connectivity index is 2.13. The van der Waals surface area contributed by atoms with E-state index in [1.165, 1.54) is 6.33 Å². The SMILES string of the molecule is CC[C@H](NC(=O)c1ccn[nH]1)c1ncnn1CC. The van der Waals surface area contributed by atoms with Crippen LogP contribution in [0.25, 0.3) is 0 Å². The molecule has 2 heterocycles. The molecule has 7 heteroatoms. The van der Waals surface area contributed by atoms with Crippen LogP contribution in [0.2, 0.25) is 0 Å². The van der Waals surface area contributed by atoms with Crippen molar-refractivity contribution in [3.8, 4) is 0 Å². The lowest BCUT2D eigenvalue weighted by Crippen LogP contribution is -2.30. The molecular weight excluding hydrogens is 232 g/mol. The van der Waals surface area contributed by atoms with E-state index in [1.807, 2.05) is 13.8 Å². The van der Waals surface area contributed by atoms with E-state index in [2.05, 4.69) is 25.6 Å². The fraction of sp³-hybridized carbons (Fsp3) is 0.455. The molecule has 0 aromatic carbocycles. The maximum absolute atomic E-state index is 11.9. The lowest BCUT2D eigenvalue weighted by atomic mass is 10.2. The van der Waals surface area contributed by atoms with Gasteiger partial charge in [0, 0.05) is 12.7 Å². The second-order valence-electron chi connectivity index (χ2n) is 3.84. The van der Waals surface area contributed by atoms with Crippen molar-refractivity contribution in [2.75, 3.05) is 0 Å². The summed E-state index contributed by atoms with van der Waals surface area (Å²) >= 11 is 0. The summed E-state index contributed by atoms with van der Waals surface area (Å²) in [6.45, 7) is 4.71. The first-order chi connectivity index (χ1) is 8.76. The Morgan fingerprint density at radius 1 is 1.56 bits per heavy atom. The third-order valence-corrected chi connectivity index (χ3v) is 2.72. The summed E-state index contributed by atoms with van der Waals surface area (Å²) in [7, 11) is 0. The van der Waals surface area contributed by atoms with Crippen LogP contribution in [0, 0.1) is 0 Å². The molecule has 1 atom stereocenters. The van der Waals surface area contributed by atoms with E-state index in [1.54, 1.807) is 16.9 Å². The second-order valence-corrected chi connectivity index (χ2v) is 3.84. The maximum atomic E-state index is 11.9. The molecule has 0 aliphatic carbocycles. The number of nitrogens with zero attached hydrogens (tertiary/aromatic N) is 4. The van der Waals surface area contributed by atoms with Crippen LogP contribution >= 0.6 is 0 Å². The van der Waals surface area contributed by atoms with Gasteiger partial charge in [-0.25, -0.2) is 9.67 Å². The Kier molecular flexibility index (Phi) is 3.71. The molecule has 2 rings (SSSR count). The molecule has 7 nitrogen and oxygen atoms in total. The predicted molar refractivity (Wildman–Crippen MR) is 64.8 cm³/mol. The van der Waals surface area contributed by atoms with Gasteiger partial charge in [0.2, 0.25) is 0 Å². The number of aromatic amines is 1. The lowest BCUT2D eigenvalue weighted by Gasteiger charge is -2.16. The van der Waals surface area contributed by atoms with Gasteiger partial charge in [0.15, 0.2) is 0 Å². The van der Waals surface area contributed by atoms with Gasteiger partial charge in [-0.1, -0.05) is 6.92 Å². The van der Waals surface area contributed by atoms with Gasteiger partial charge >= 0.3 is 0 Å². The number of hydrogen-bond acceptors (Lipinski definition) is 4. The van der Waals surface area contributed by atoms with Gasteiger partial charge in [-0.15, -0.1) is 0 Å². The van der Waals surface area contributed by atoms with Gasteiger partial charge in [-0.05, 0) is 19.4 Å². The topological polar surface area (TPSA) is 88.5 Å². The molecule has 96 valence electrons. The molecule has 0 bridgehead atoms. The van der Waals surface area contributed by atoms with Gasteiger partial charge in [0.1, 0.15) is 17.8 Å². The number of amides is 1. The van der Waals surface area contributed by atoms with Crippen LogP contribution in [-0.4, -0.2) is 30.9 Å². The van der Waals surface area contributed by atoms with Crippen molar-refractivity contribution in [1.82, 2.24) is 30.3 Å². The van der Waals surface area contributed by atoms with E-state index in [4.69, 9.17) is 0 Å².